The van der Waals surface area contributed by atoms with Crippen LogP contribution in [0, 0.1) is 5.92 Å². The molecule has 0 N–H and O–H groups in total. The zero-order valence-electron chi connectivity index (χ0n) is 18.8. The number of benzene rings is 3. The van der Waals surface area contributed by atoms with Gasteiger partial charge in [-0.2, -0.15) is 0 Å². The van der Waals surface area contributed by atoms with Crippen molar-refractivity contribution in [1.82, 2.24) is 0 Å². The van der Waals surface area contributed by atoms with Gasteiger partial charge in [-0.25, -0.2) is 0 Å². The molecule has 0 fully saturated rings. The van der Waals surface area contributed by atoms with Crippen LogP contribution in [0.2, 0.25) is 19.6 Å². The van der Waals surface area contributed by atoms with Gasteiger partial charge in [-0.05, 0) is 29.4 Å². The number of hydrogen-bond donors (Lipinski definition) is 0. The molecule has 0 bridgehead atoms. The molecule has 1 aliphatic carbocycles. The quantitative estimate of drug-likeness (QED) is 0.316. The Hall–Kier alpha value is -2.25. The van der Waals surface area contributed by atoms with Gasteiger partial charge in [0.05, 0.1) is 14.2 Å². The first-order chi connectivity index (χ1) is 15.0. The third-order valence-corrected chi connectivity index (χ3v) is 10.7. The summed E-state index contributed by atoms with van der Waals surface area (Å²) in [4.78, 5) is 0. The number of methoxy groups -OCH3 is 1. The summed E-state index contributed by atoms with van der Waals surface area (Å²) in [7, 11) is -0.258. The maximum atomic E-state index is 6.25. The van der Waals surface area contributed by atoms with E-state index in [9.17, 15) is 0 Å². The summed E-state index contributed by atoms with van der Waals surface area (Å²) in [6, 6.07) is 30.8. The van der Waals surface area contributed by atoms with Crippen molar-refractivity contribution in [1.29, 1.82) is 0 Å². The Labute approximate surface area is 189 Å². The summed E-state index contributed by atoms with van der Waals surface area (Å²) in [5, 5.41) is 5.69. The molecular weight excluding hydrogens is 411 g/mol. The first kappa shape index (κ1) is 22.0. The smallest absolute Gasteiger partial charge is 0.0923 e. The van der Waals surface area contributed by atoms with Crippen LogP contribution >= 0.6 is 7.92 Å². The van der Waals surface area contributed by atoms with Crippen molar-refractivity contribution in [3.8, 4) is 0 Å². The molecule has 0 aliphatic heterocycles. The van der Waals surface area contributed by atoms with E-state index in [0.717, 1.165) is 0 Å². The molecular formula is C28H31OPSi. The first-order valence-corrected chi connectivity index (χ1v) is 15.8. The zero-order valence-corrected chi connectivity index (χ0v) is 20.7. The van der Waals surface area contributed by atoms with Crippen LogP contribution in [-0.4, -0.2) is 15.2 Å². The lowest BCUT2D eigenvalue weighted by molar-refractivity contribution is 0.0825. The van der Waals surface area contributed by atoms with Crippen molar-refractivity contribution in [2.24, 2.45) is 5.92 Å². The predicted molar refractivity (Wildman–Crippen MR) is 139 cm³/mol. The van der Waals surface area contributed by atoms with Crippen molar-refractivity contribution in [2.45, 2.75) is 25.7 Å². The Kier molecular flexibility index (Phi) is 6.72. The highest BCUT2D eigenvalue weighted by Gasteiger charge is 2.35. The fraction of sp³-hybridized carbons (Fsp3) is 0.214. The second kappa shape index (κ2) is 9.49. The Bertz CT molecular complexity index is 1030. The SMILES string of the molecule is CO[C@H](c1ccccc1P(c1ccccc1)c1ccccc1)C1C=CC=C1[Si](C)(C)C. The Balaban J connectivity index is 1.85. The second-order valence-corrected chi connectivity index (χ2v) is 16.3. The molecule has 2 atom stereocenters. The summed E-state index contributed by atoms with van der Waals surface area (Å²) in [5.41, 5.74) is 1.31. The van der Waals surface area contributed by atoms with Crippen LogP contribution in [0.3, 0.4) is 0 Å². The fourth-order valence-corrected chi connectivity index (χ4v) is 8.82. The summed E-state index contributed by atoms with van der Waals surface area (Å²) < 4.78 is 6.25. The molecule has 0 heterocycles. The molecule has 0 aromatic heterocycles. The topological polar surface area (TPSA) is 9.23 Å². The zero-order chi connectivity index (χ0) is 21.8. The maximum Gasteiger partial charge on any atom is 0.0923 e. The highest BCUT2D eigenvalue weighted by Crippen LogP contribution is 2.42. The van der Waals surface area contributed by atoms with Crippen LogP contribution in [-0.2, 0) is 4.74 Å². The van der Waals surface area contributed by atoms with Crippen molar-refractivity contribution < 1.29 is 4.74 Å². The molecule has 0 saturated heterocycles. The molecule has 0 saturated carbocycles. The number of ether oxygens (including phenoxy) is 1. The van der Waals surface area contributed by atoms with E-state index >= 15 is 0 Å². The van der Waals surface area contributed by atoms with Crippen LogP contribution < -0.4 is 15.9 Å². The predicted octanol–water partition coefficient (Wildman–Crippen LogP) is 6.12. The summed E-state index contributed by atoms with van der Waals surface area (Å²) >= 11 is 0. The highest BCUT2D eigenvalue weighted by molar-refractivity contribution is 7.79. The maximum absolute atomic E-state index is 6.25. The molecule has 31 heavy (non-hydrogen) atoms. The number of rotatable bonds is 7. The van der Waals surface area contributed by atoms with Gasteiger partial charge >= 0.3 is 0 Å². The van der Waals surface area contributed by atoms with Gasteiger partial charge in [0, 0.05) is 13.0 Å². The molecule has 1 nitrogen and oxygen atoms in total. The van der Waals surface area contributed by atoms with E-state index < -0.39 is 16.0 Å². The number of hydrogen-bond acceptors (Lipinski definition) is 1. The number of allylic oxidation sites excluding steroid dienone is 2. The summed E-state index contributed by atoms with van der Waals surface area (Å²) in [5.74, 6) is 0.307. The van der Waals surface area contributed by atoms with Crippen molar-refractivity contribution >= 4 is 31.9 Å². The lowest BCUT2D eigenvalue weighted by Crippen LogP contribution is -2.33. The van der Waals surface area contributed by atoms with Crippen LogP contribution in [0.5, 0.6) is 0 Å². The minimum Gasteiger partial charge on any atom is -0.376 e. The van der Waals surface area contributed by atoms with Gasteiger partial charge in [0.2, 0.25) is 0 Å². The second-order valence-electron chi connectivity index (χ2n) is 9.00. The average molecular weight is 443 g/mol. The van der Waals surface area contributed by atoms with E-state index in [0.29, 0.717) is 5.92 Å². The lowest BCUT2D eigenvalue weighted by Gasteiger charge is -2.33. The fourth-order valence-electron chi connectivity index (χ4n) is 4.49. The normalized spacial score (nSPS) is 17.1. The molecule has 1 aliphatic rings. The van der Waals surface area contributed by atoms with Gasteiger partial charge in [-0.1, -0.05) is 128 Å². The van der Waals surface area contributed by atoms with E-state index in [1.807, 2.05) is 7.11 Å². The molecule has 0 radical (unpaired) electrons. The minimum absolute atomic E-state index is 0.0188. The van der Waals surface area contributed by atoms with E-state index in [1.54, 1.807) is 5.20 Å². The molecule has 1 unspecified atom stereocenters. The summed E-state index contributed by atoms with van der Waals surface area (Å²) in [6.45, 7) is 7.29. The monoisotopic (exact) mass is 442 g/mol. The Morgan fingerprint density at radius 1 is 0.774 bits per heavy atom. The van der Waals surface area contributed by atoms with Crippen LogP contribution in [0.15, 0.2) is 108 Å². The largest absolute Gasteiger partial charge is 0.376 e. The third-order valence-electron chi connectivity index (χ3n) is 5.91. The van der Waals surface area contributed by atoms with Crippen molar-refractivity contribution in [3.63, 3.8) is 0 Å². The molecule has 4 rings (SSSR count). The molecule has 0 spiro atoms. The molecule has 158 valence electrons. The van der Waals surface area contributed by atoms with Gasteiger partial charge in [0.15, 0.2) is 0 Å². The Morgan fingerprint density at radius 3 is 1.87 bits per heavy atom. The Morgan fingerprint density at radius 2 is 1.32 bits per heavy atom. The lowest BCUT2D eigenvalue weighted by atomic mass is 9.96. The summed E-state index contributed by atoms with van der Waals surface area (Å²) in [6.07, 6.45) is 6.92. The molecule has 3 aromatic carbocycles. The van der Waals surface area contributed by atoms with Crippen molar-refractivity contribution in [3.05, 3.63) is 114 Å². The third kappa shape index (κ3) is 4.67. The molecule has 3 heteroatoms. The standard InChI is InChI=1S/C28H31OPSi/c1-29-28(25-19-13-21-27(25)31(2,3)4)24-18-11-12-20-26(24)30(22-14-7-5-8-15-22)23-16-9-6-10-17-23/h5-21,25,28H,1-4H3/t25?,28-/m1/s1. The van der Waals surface area contributed by atoms with Crippen molar-refractivity contribution in [2.75, 3.05) is 7.11 Å². The minimum atomic E-state index is -1.45. The van der Waals surface area contributed by atoms with E-state index in [2.05, 4.69) is 123 Å². The van der Waals surface area contributed by atoms with Gasteiger partial charge in [0.1, 0.15) is 0 Å². The highest BCUT2D eigenvalue weighted by atomic mass is 31.1. The van der Waals surface area contributed by atoms with E-state index in [1.165, 1.54) is 21.5 Å². The van der Waals surface area contributed by atoms with Gasteiger partial charge in [0.25, 0.3) is 0 Å². The average Bonchev–Trinajstić information content (AvgIpc) is 3.27. The molecule has 0 amide bonds. The van der Waals surface area contributed by atoms with E-state index in [4.69, 9.17) is 4.74 Å². The molecule has 3 aromatic rings. The van der Waals surface area contributed by atoms with E-state index in [-0.39, 0.29) is 6.10 Å². The van der Waals surface area contributed by atoms with Gasteiger partial charge in [-0.15, -0.1) is 0 Å². The van der Waals surface area contributed by atoms with Gasteiger partial charge in [-0.3, -0.25) is 0 Å². The van der Waals surface area contributed by atoms with Crippen LogP contribution in [0.1, 0.15) is 11.7 Å². The first-order valence-electron chi connectivity index (χ1n) is 10.9. The van der Waals surface area contributed by atoms with Crippen LogP contribution in [0.25, 0.3) is 0 Å². The van der Waals surface area contributed by atoms with Crippen LogP contribution in [0.4, 0.5) is 0 Å². The van der Waals surface area contributed by atoms with Gasteiger partial charge < -0.3 is 4.74 Å².